The first kappa shape index (κ1) is 11.7. The quantitative estimate of drug-likeness (QED) is 0.784. The van der Waals surface area contributed by atoms with Gasteiger partial charge in [-0.3, -0.25) is 4.98 Å². The topological polar surface area (TPSA) is 48.7 Å². The predicted octanol–water partition coefficient (Wildman–Crippen LogP) is 3.78. The zero-order valence-electron chi connectivity index (χ0n) is 10.1. The van der Waals surface area contributed by atoms with Crippen molar-refractivity contribution in [1.82, 2.24) is 4.98 Å². The molecule has 0 amide bonds. The van der Waals surface area contributed by atoms with Gasteiger partial charge in [0.2, 0.25) is 0 Å². The fraction of sp³-hybridized carbons (Fsp3) is 0.0667. The van der Waals surface area contributed by atoms with Crippen molar-refractivity contribution in [3.8, 4) is 6.07 Å². The van der Waals surface area contributed by atoms with Crippen molar-refractivity contribution >= 4 is 27.9 Å². The normalized spacial score (nSPS) is 10.3. The van der Waals surface area contributed by atoms with Crippen molar-refractivity contribution in [3.05, 3.63) is 58.4 Å². The molecular weight excluding hydrogens is 254 g/mol. The molecule has 3 aromatic rings. The smallest absolute Gasteiger partial charge is 0.100 e. The van der Waals surface area contributed by atoms with Crippen LogP contribution in [0.3, 0.4) is 0 Å². The van der Waals surface area contributed by atoms with E-state index in [0.717, 1.165) is 27.0 Å². The van der Waals surface area contributed by atoms with Crippen LogP contribution in [0.25, 0.3) is 10.9 Å². The van der Waals surface area contributed by atoms with E-state index in [1.807, 2.05) is 41.9 Å². The molecular formula is C15H11N3S. The summed E-state index contributed by atoms with van der Waals surface area (Å²) in [5.41, 5.74) is 2.71. The van der Waals surface area contributed by atoms with Crippen LogP contribution >= 0.6 is 11.3 Å². The van der Waals surface area contributed by atoms with Gasteiger partial charge >= 0.3 is 0 Å². The van der Waals surface area contributed by atoms with E-state index in [0.29, 0.717) is 6.54 Å². The Morgan fingerprint density at radius 3 is 3.00 bits per heavy atom. The lowest BCUT2D eigenvalue weighted by Crippen LogP contribution is -1.97. The molecule has 0 saturated carbocycles. The number of anilines is 1. The predicted molar refractivity (Wildman–Crippen MR) is 78.1 cm³/mol. The number of hydrogen-bond acceptors (Lipinski definition) is 4. The summed E-state index contributed by atoms with van der Waals surface area (Å²) in [6, 6.07) is 14.2. The van der Waals surface area contributed by atoms with Gasteiger partial charge in [-0.2, -0.15) is 5.26 Å². The summed E-state index contributed by atoms with van der Waals surface area (Å²) in [6.07, 6.45) is 1.83. The van der Waals surface area contributed by atoms with Gasteiger partial charge in [-0.25, -0.2) is 0 Å². The van der Waals surface area contributed by atoms with E-state index in [9.17, 15) is 0 Å². The Bertz CT molecular complexity index is 755. The van der Waals surface area contributed by atoms with E-state index >= 15 is 0 Å². The summed E-state index contributed by atoms with van der Waals surface area (Å²) in [5.74, 6) is 0. The molecule has 4 heteroatoms. The second-order valence-electron chi connectivity index (χ2n) is 4.18. The van der Waals surface area contributed by atoms with Gasteiger partial charge in [-0.05, 0) is 18.2 Å². The molecule has 2 heterocycles. The van der Waals surface area contributed by atoms with Crippen LogP contribution in [0.5, 0.6) is 0 Å². The number of pyridine rings is 1. The third-order valence-electron chi connectivity index (χ3n) is 2.84. The van der Waals surface area contributed by atoms with E-state index in [-0.39, 0.29) is 0 Å². The lowest BCUT2D eigenvalue weighted by Gasteiger charge is -2.05. The molecule has 0 unspecified atom stereocenters. The molecule has 0 spiro atoms. The molecule has 1 N–H and O–H groups in total. The average molecular weight is 265 g/mol. The van der Waals surface area contributed by atoms with Crippen molar-refractivity contribution in [3.63, 3.8) is 0 Å². The third kappa shape index (κ3) is 2.56. The van der Waals surface area contributed by atoms with E-state index < -0.39 is 0 Å². The van der Waals surface area contributed by atoms with Crippen molar-refractivity contribution in [2.75, 3.05) is 5.32 Å². The molecule has 2 aromatic heterocycles. The second kappa shape index (κ2) is 5.09. The summed E-state index contributed by atoms with van der Waals surface area (Å²) in [7, 11) is 0. The molecule has 0 aliphatic heterocycles. The SMILES string of the molecule is N#Cc1csc(CNc2cnc3ccccc3c2)c1. The zero-order chi connectivity index (χ0) is 13.1. The van der Waals surface area contributed by atoms with E-state index in [2.05, 4.69) is 22.4 Å². The number of rotatable bonds is 3. The number of hydrogen-bond donors (Lipinski definition) is 1. The Balaban J connectivity index is 1.76. The maximum Gasteiger partial charge on any atom is 0.100 e. The molecule has 0 radical (unpaired) electrons. The highest BCUT2D eigenvalue weighted by atomic mass is 32.1. The average Bonchev–Trinajstić information content (AvgIpc) is 2.93. The molecule has 0 saturated heterocycles. The molecule has 0 atom stereocenters. The van der Waals surface area contributed by atoms with Crippen LogP contribution in [0, 0.1) is 11.3 Å². The van der Waals surface area contributed by atoms with Crippen molar-refractivity contribution in [2.24, 2.45) is 0 Å². The summed E-state index contributed by atoms with van der Waals surface area (Å²) in [5, 5.41) is 15.1. The first-order valence-electron chi connectivity index (χ1n) is 5.91. The van der Waals surface area contributed by atoms with Crippen LogP contribution < -0.4 is 5.32 Å². The van der Waals surface area contributed by atoms with Crippen LogP contribution in [0.1, 0.15) is 10.4 Å². The van der Waals surface area contributed by atoms with E-state index in [1.165, 1.54) is 0 Å². The molecule has 19 heavy (non-hydrogen) atoms. The van der Waals surface area contributed by atoms with E-state index in [4.69, 9.17) is 5.26 Å². The number of nitrogens with one attached hydrogen (secondary N) is 1. The van der Waals surface area contributed by atoms with Crippen molar-refractivity contribution in [1.29, 1.82) is 5.26 Å². The summed E-state index contributed by atoms with van der Waals surface area (Å²) in [6.45, 7) is 0.715. The van der Waals surface area contributed by atoms with Crippen LogP contribution in [0.4, 0.5) is 5.69 Å². The second-order valence-corrected chi connectivity index (χ2v) is 5.18. The Labute approximate surface area is 115 Å². The summed E-state index contributed by atoms with van der Waals surface area (Å²) >= 11 is 1.59. The monoisotopic (exact) mass is 265 g/mol. The maximum atomic E-state index is 8.78. The fourth-order valence-electron chi connectivity index (χ4n) is 1.89. The lowest BCUT2D eigenvalue weighted by molar-refractivity contribution is 1.18. The van der Waals surface area contributed by atoms with Crippen LogP contribution in [-0.2, 0) is 6.54 Å². The fourth-order valence-corrected chi connectivity index (χ4v) is 2.64. The number of nitriles is 1. The van der Waals surface area contributed by atoms with Gasteiger partial charge in [0, 0.05) is 22.2 Å². The molecule has 0 bridgehead atoms. The highest BCUT2D eigenvalue weighted by molar-refractivity contribution is 7.10. The van der Waals surface area contributed by atoms with Gasteiger partial charge < -0.3 is 5.32 Å². The summed E-state index contributed by atoms with van der Waals surface area (Å²) in [4.78, 5) is 5.55. The Morgan fingerprint density at radius 2 is 2.16 bits per heavy atom. The molecule has 0 aliphatic carbocycles. The molecule has 92 valence electrons. The Hall–Kier alpha value is -2.38. The van der Waals surface area contributed by atoms with Crippen molar-refractivity contribution < 1.29 is 0 Å². The maximum absolute atomic E-state index is 8.78. The van der Waals surface area contributed by atoms with Crippen LogP contribution in [-0.4, -0.2) is 4.98 Å². The minimum atomic E-state index is 0.715. The van der Waals surface area contributed by atoms with Gasteiger partial charge in [0.05, 0.1) is 23.0 Å². The highest BCUT2D eigenvalue weighted by Gasteiger charge is 2.00. The molecule has 0 aliphatic rings. The van der Waals surface area contributed by atoms with Gasteiger partial charge in [0.25, 0.3) is 0 Å². The lowest BCUT2D eigenvalue weighted by atomic mass is 10.2. The number of nitrogens with zero attached hydrogens (tertiary/aromatic N) is 2. The Kier molecular flexibility index (Phi) is 3.13. The molecule has 0 fully saturated rings. The minimum absolute atomic E-state index is 0.715. The molecule has 3 rings (SSSR count). The standard InChI is InChI=1S/C15H11N3S/c16-7-11-5-14(19-10-11)9-17-13-6-12-3-1-2-4-15(12)18-8-13/h1-6,8,10,17H,9H2. The van der Waals surface area contributed by atoms with Crippen molar-refractivity contribution in [2.45, 2.75) is 6.54 Å². The Morgan fingerprint density at radius 1 is 1.26 bits per heavy atom. The minimum Gasteiger partial charge on any atom is -0.379 e. The molecule has 1 aromatic carbocycles. The van der Waals surface area contributed by atoms with Gasteiger partial charge in [-0.1, -0.05) is 18.2 Å². The van der Waals surface area contributed by atoms with Crippen LogP contribution in [0.2, 0.25) is 0 Å². The van der Waals surface area contributed by atoms with E-state index in [1.54, 1.807) is 11.3 Å². The van der Waals surface area contributed by atoms with Gasteiger partial charge in [0.15, 0.2) is 0 Å². The first-order chi connectivity index (χ1) is 9.35. The number of thiophene rings is 1. The number of para-hydroxylation sites is 1. The van der Waals surface area contributed by atoms with Crippen LogP contribution in [0.15, 0.2) is 48.0 Å². The summed E-state index contributed by atoms with van der Waals surface area (Å²) < 4.78 is 0. The zero-order valence-corrected chi connectivity index (χ0v) is 10.9. The van der Waals surface area contributed by atoms with Gasteiger partial charge in [0.1, 0.15) is 6.07 Å². The number of benzene rings is 1. The number of fused-ring (bicyclic) bond motifs is 1. The first-order valence-corrected chi connectivity index (χ1v) is 6.79. The number of aromatic nitrogens is 1. The largest absolute Gasteiger partial charge is 0.379 e. The van der Waals surface area contributed by atoms with Gasteiger partial charge in [-0.15, -0.1) is 11.3 Å². The third-order valence-corrected chi connectivity index (χ3v) is 3.78. The molecule has 3 nitrogen and oxygen atoms in total. The highest BCUT2D eigenvalue weighted by Crippen LogP contribution is 2.19.